The predicted molar refractivity (Wildman–Crippen MR) is 75.2 cm³/mol. The molecule has 19 heavy (non-hydrogen) atoms. The molecule has 1 heterocycles. The third-order valence-electron chi connectivity index (χ3n) is 4.80. The van der Waals surface area contributed by atoms with Gasteiger partial charge in [0.05, 0.1) is 5.60 Å². The summed E-state index contributed by atoms with van der Waals surface area (Å²) in [6, 6.07) is 0. The van der Waals surface area contributed by atoms with Crippen LogP contribution < -0.4 is 5.73 Å². The van der Waals surface area contributed by atoms with Crippen molar-refractivity contribution in [2.45, 2.75) is 57.0 Å². The highest BCUT2D eigenvalue weighted by Gasteiger charge is 2.42. The molecule has 2 atom stereocenters. The van der Waals surface area contributed by atoms with E-state index in [0.29, 0.717) is 18.2 Å². The number of oxime groups is 1. The molecule has 2 unspecified atom stereocenters. The van der Waals surface area contributed by atoms with Crippen molar-refractivity contribution in [3.05, 3.63) is 0 Å². The molecule has 110 valence electrons. The van der Waals surface area contributed by atoms with Crippen LogP contribution in [0.25, 0.3) is 0 Å². The summed E-state index contributed by atoms with van der Waals surface area (Å²) in [6.45, 7) is 3.11. The minimum absolute atomic E-state index is 0.320. The smallest absolute Gasteiger partial charge is 0.139 e. The van der Waals surface area contributed by atoms with Crippen LogP contribution in [0.1, 0.15) is 51.4 Å². The van der Waals surface area contributed by atoms with Gasteiger partial charge in [0.2, 0.25) is 0 Å². The highest BCUT2D eigenvalue weighted by Crippen LogP contribution is 2.39. The van der Waals surface area contributed by atoms with Crippen LogP contribution in [0.3, 0.4) is 0 Å². The van der Waals surface area contributed by atoms with Crippen molar-refractivity contribution in [3.8, 4) is 0 Å². The number of amidine groups is 1. The van der Waals surface area contributed by atoms with Crippen LogP contribution in [0.4, 0.5) is 0 Å². The average molecular weight is 269 g/mol. The Morgan fingerprint density at radius 3 is 2.95 bits per heavy atom. The van der Waals surface area contributed by atoms with Crippen molar-refractivity contribution in [2.24, 2.45) is 16.8 Å². The van der Waals surface area contributed by atoms with Crippen molar-refractivity contribution >= 4 is 5.84 Å². The predicted octanol–water partition coefficient (Wildman–Crippen LogP) is 1.53. The highest BCUT2D eigenvalue weighted by atomic mass is 16.4. The Morgan fingerprint density at radius 1 is 1.32 bits per heavy atom. The number of nitrogens with two attached hydrogens (primary N) is 1. The van der Waals surface area contributed by atoms with Crippen LogP contribution in [-0.2, 0) is 0 Å². The SMILES string of the molecule is NC(CCCCN1CCC2(O)CCCCC2C1)=NO. The molecule has 0 spiro atoms. The van der Waals surface area contributed by atoms with Gasteiger partial charge in [-0.3, -0.25) is 0 Å². The van der Waals surface area contributed by atoms with Crippen molar-refractivity contribution in [2.75, 3.05) is 19.6 Å². The third-order valence-corrected chi connectivity index (χ3v) is 4.80. The molecule has 0 radical (unpaired) electrons. The van der Waals surface area contributed by atoms with E-state index in [2.05, 4.69) is 10.1 Å². The van der Waals surface area contributed by atoms with Gasteiger partial charge in [-0.25, -0.2) is 0 Å². The lowest BCUT2D eigenvalue weighted by Crippen LogP contribution is -2.53. The first kappa shape index (κ1) is 14.6. The van der Waals surface area contributed by atoms with Crippen LogP contribution in [0, 0.1) is 5.92 Å². The summed E-state index contributed by atoms with van der Waals surface area (Å²) in [6.07, 6.45) is 8.25. The average Bonchev–Trinajstić information content (AvgIpc) is 2.43. The molecule has 0 aromatic heterocycles. The first-order valence-electron chi connectivity index (χ1n) is 7.55. The van der Waals surface area contributed by atoms with Crippen LogP contribution >= 0.6 is 0 Å². The Labute approximate surface area is 115 Å². The molecule has 1 saturated heterocycles. The lowest BCUT2D eigenvalue weighted by atomic mass is 9.71. The van der Waals surface area contributed by atoms with Gasteiger partial charge >= 0.3 is 0 Å². The van der Waals surface area contributed by atoms with Crippen LogP contribution in [0.5, 0.6) is 0 Å². The monoisotopic (exact) mass is 269 g/mol. The zero-order valence-corrected chi connectivity index (χ0v) is 11.7. The Hall–Kier alpha value is -0.810. The van der Waals surface area contributed by atoms with Gasteiger partial charge in [0, 0.05) is 25.4 Å². The second-order valence-corrected chi connectivity index (χ2v) is 6.15. The van der Waals surface area contributed by atoms with E-state index in [9.17, 15) is 5.11 Å². The molecule has 2 aliphatic rings. The topological polar surface area (TPSA) is 82.1 Å². The molecule has 0 amide bonds. The maximum absolute atomic E-state index is 10.6. The van der Waals surface area contributed by atoms with E-state index in [4.69, 9.17) is 10.9 Å². The van der Waals surface area contributed by atoms with E-state index >= 15 is 0 Å². The quantitative estimate of drug-likeness (QED) is 0.232. The van der Waals surface area contributed by atoms with E-state index in [-0.39, 0.29) is 5.60 Å². The minimum Gasteiger partial charge on any atom is -0.409 e. The normalized spacial score (nSPS) is 33.1. The van der Waals surface area contributed by atoms with E-state index < -0.39 is 0 Å². The summed E-state index contributed by atoms with van der Waals surface area (Å²) in [7, 11) is 0. The summed E-state index contributed by atoms with van der Waals surface area (Å²) < 4.78 is 0. The molecular formula is C14H27N3O2. The number of nitrogens with zero attached hydrogens (tertiary/aromatic N) is 2. The zero-order valence-electron chi connectivity index (χ0n) is 11.7. The van der Waals surface area contributed by atoms with Gasteiger partial charge in [-0.2, -0.15) is 0 Å². The maximum Gasteiger partial charge on any atom is 0.139 e. The summed E-state index contributed by atoms with van der Waals surface area (Å²) in [5, 5.41) is 22.0. The number of likely N-dealkylation sites (tertiary alicyclic amines) is 1. The Bertz CT molecular complexity index is 322. The first-order chi connectivity index (χ1) is 9.14. The van der Waals surface area contributed by atoms with E-state index in [1.165, 1.54) is 19.3 Å². The fourth-order valence-electron chi connectivity index (χ4n) is 3.53. The standard InChI is InChI=1S/C14H27N3O2/c15-13(16-19)6-2-4-9-17-10-8-14(18)7-3-1-5-12(14)11-17/h12,18-19H,1-11H2,(H2,15,16). The number of aliphatic hydroxyl groups is 1. The summed E-state index contributed by atoms with van der Waals surface area (Å²) in [5.41, 5.74) is 5.08. The lowest BCUT2D eigenvalue weighted by molar-refractivity contribution is -0.0953. The molecule has 1 aliphatic carbocycles. The third kappa shape index (κ3) is 3.83. The van der Waals surface area contributed by atoms with Crippen molar-refractivity contribution < 1.29 is 10.3 Å². The molecule has 0 aromatic rings. The molecule has 4 N–H and O–H groups in total. The Morgan fingerprint density at radius 2 is 2.16 bits per heavy atom. The number of rotatable bonds is 5. The fourth-order valence-corrected chi connectivity index (χ4v) is 3.53. The second kappa shape index (κ2) is 6.57. The number of fused-ring (bicyclic) bond motifs is 1. The zero-order chi connectivity index (χ0) is 13.7. The molecule has 5 nitrogen and oxygen atoms in total. The largest absolute Gasteiger partial charge is 0.409 e. The molecule has 1 saturated carbocycles. The van der Waals surface area contributed by atoms with E-state index in [1.54, 1.807) is 0 Å². The molecule has 5 heteroatoms. The van der Waals surface area contributed by atoms with E-state index in [1.807, 2.05) is 0 Å². The molecule has 2 rings (SSSR count). The van der Waals surface area contributed by atoms with Gasteiger partial charge in [0.1, 0.15) is 5.84 Å². The van der Waals surface area contributed by atoms with Gasteiger partial charge in [-0.05, 0) is 38.6 Å². The maximum atomic E-state index is 10.6. The second-order valence-electron chi connectivity index (χ2n) is 6.15. The number of hydrogen-bond acceptors (Lipinski definition) is 4. The molecule has 0 aromatic carbocycles. The Kier molecular flexibility index (Phi) is 5.05. The molecule has 1 aliphatic heterocycles. The van der Waals surface area contributed by atoms with Crippen LogP contribution in [0.15, 0.2) is 5.16 Å². The summed E-state index contributed by atoms with van der Waals surface area (Å²) in [5.74, 6) is 0.791. The van der Waals surface area contributed by atoms with Crippen LogP contribution in [-0.4, -0.2) is 46.3 Å². The molecule has 0 bridgehead atoms. The number of unbranched alkanes of at least 4 members (excludes halogenated alkanes) is 1. The number of piperidine rings is 1. The van der Waals surface area contributed by atoms with Gasteiger partial charge in [0.25, 0.3) is 0 Å². The highest BCUT2D eigenvalue weighted by molar-refractivity contribution is 5.79. The molecule has 2 fully saturated rings. The van der Waals surface area contributed by atoms with Crippen molar-refractivity contribution in [3.63, 3.8) is 0 Å². The summed E-state index contributed by atoms with van der Waals surface area (Å²) >= 11 is 0. The fraction of sp³-hybridized carbons (Fsp3) is 0.929. The summed E-state index contributed by atoms with van der Waals surface area (Å²) in [4.78, 5) is 2.47. The Balaban J connectivity index is 1.69. The van der Waals surface area contributed by atoms with Crippen molar-refractivity contribution in [1.29, 1.82) is 0 Å². The van der Waals surface area contributed by atoms with E-state index in [0.717, 1.165) is 45.3 Å². The van der Waals surface area contributed by atoms with Crippen LogP contribution in [0.2, 0.25) is 0 Å². The van der Waals surface area contributed by atoms with Gasteiger partial charge < -0.3 is 20.9 Å². The van der Waals surface area contributed by atoms with Gasteiger partial charge in [-0.1, -0.05) is 18.0 Å². The van der Waals surface area contributed by atoms with Gasteiger partial charge in [0.15, 0.2) is 0 Å². The van der Waals surface area contributed by atoms with Crippen molar-refractivity contribution in [1.82, 2.24) is 4.90 Å². The minimum atomic E-state index is -0.372. The lowest BCUT2D eigenvalue weighted by Gasteiger charge is -2.47. The number of hydrogen-bond donors (Lipinski definition) is 3. The molecular weight excluding hydrogens is 242 g/mol. The van der Waals surface area contributed by atoms with Gasteiger partial charge in [-0.15, -0.1) is 0 Å². The first-order valence-corrected chi connectivity index (χ1v) is 7.55.